The van der Waals surface area contributed by atoms with Crippen molar-refractivity contribution in [2.75, 3.05) is 19.6 Å². The average molecular weight is 326 g/mol. The molecule has 23 heavy (non-hydrogen) atoms. The van der Waals surface area contributed by atoms with Crippen molar-refractivity contribution in [3.05, 3.63) is 35.4 Å². The normalized spacial score (nSPS) is 18.4. The van der Waals surface area contributed by atoms with Crippen LogP contribution in [0.4, 0.5) is 18.0 Å². The fraction of sp³-hybridized carbons (Fsp3) is 0.467. The van der Waals surface area contributed by atoms with Crippen LogP contribution >= 0.6 is 0 Å². The minimum Gasteiger partial charge on any atom is -0.334 e. The molecule has 124 valence electrons. The minimum atomic E-state index is -4.22. The van der Waals surface area contributed by atoms with E-state index >= 15 is 0 Å². The van der Waals surface area contributed by atoms with E-state index in [9.17, 15) is 18.0 Å². The summed E-state index contributed by atoms with van der Waals surface area (Å²) in [5.41, 5.74) is 1.28. The van der Waals surface area contributed by atoms with Crippen LogP contribution in [-0.4, -0.2) is 42.8 Å². The third-order valence-corrected chi connectivity index (χ3v) is 3.52. The van der Waals surface area contributed by atoms with Gasteiger partial charge in [-0.15, -0.1) is 0 Å². The lowest BCUT2D eigenvalue weighted by Crippen LogP contribution is -2.43. The third kappa shape index (κ3) is 5.79. The van der Waals surface area contributed by atoms with Crippen LogP contribution in [0.15, 0.2) is 24.3 Å². The van der Waals surface area contributed by atoms with E-state index in [-0.39, 0.29) is 19.1 Å². The molecule has 1 aromatic rings. The van der Waals surface area contributed by atoms with Gasteiger partial charge in [-0.1, -0.05) is 12.1 Å². The molecule has 0 saturated carbocycles. The van der Waals surface area contributed by atoms with Gasteiger partial charge in [0.15, 0.2) is 0 Å². The number of nitrogens with one attached hydrogen (secondary N) is 2. The Kier molecular flexibility index (Phi) is 5.45. The van der Waals surface area contributed by atoms with Gasteiger partial charge in [0.2, 0.25) is 0 Å². The van der Waals surface area contributed by atoms with E-state index in [4.69, 9.17) is 5.26 Å². The molecule has 1 fully saturated rings. The lowest BCUT2D eigenvalue weighted by molar-refractivity contribution is -0.143. The van der Waals surface area contributed by atoms with Gasteiger partial charge in [0.05, 0.1) is 18.2 Å². The summed E-state index contributed by atoms with van der Waals surface area (Å²) in [5, 5.41) is 14.1. The summed E-state index contributed by atoms with van der Waals surface area (Å²) >= 11 is 0. The second kappa shape index (κ2) is 7.33. The van der Waals surface area contributed by atoms with Crippen LogP contribution in [0, 0.1) is 11.3 Å². The summed E-state index contributed by atoms with van der Waals surface area (Å²) < 4.78 is 36.9. The first kappa shape index (κ1) is 17.1. The van der Waals surface area contributed by atoms with E-state index < -0.39 is 18.8 Å². The Morgan fingerprint density at radius 2 is 2.22 bits per heavy atom. The van der Waals surface area contributed by atoms with Crippen molar-refractivity contribution in [3.8, 4) is 6.07 Å². The Bertz CT molecular complexity index is 597. The molecule has 2 amide bonds. The molecule has 0 aliphatic carbocycles. The number of carbonyl (C=O) groups excluding carboxylic acids is 1. The zero-order valence-corrected chi connectivity index (χ0v) is 12.4. The highest BCUT2D eigenvalue weighted by molar-refractivity contribution is 5.74. The standard InChI is InChI=1S/C15H17F3N4O/c16-15(17,18)10-22-5-4-13(9-22)21-14(23)20-8-12-3-1-2-11(6-12)7-19/h1-3,6,13H,4-5,8-10H2,(H2,20,21,23)/t13-/m1/s1. The molecular formula is C15H17F3N4O. The zero-order chi connectivity index (χ0) is 16.9. The van der Waals surface area contributed by atoms with Crippen LogP contribution in [0.1, 0.15) is 17.5 Å². The molecule has 0 bridgehead atoms. The largest absolute Gasteiger partial charge is 0.401 e. The van der Waals surface area contributed by atoms with Crippen LogP contribution in [0.2, 0.25) is 0 Å². The van der Waals surface area contributed by atoms with Crippen LogP contribution in [0.3, 0.4) is 0 Å². The maximum Gasteiger partial charge on any atom is 0.401 e. The third-order valence-electron chi connectivity index (χ3n) is 3.52. The van der Waals surface area contributed by atoms with Crippen molar-refractivity contribution >= 4 is 6.03 Å². The molecule has 1 aromatic carbocycles. The summed E-state index contributed by atoms with van der Waals surface area (Å²) in [6, 6.07) is 8.13. The van der Waals surface area contributed by atoms with Gasteiger partial charge in [0, 0.05) is 25.7 Å². The van der Waals surface area contributed by atoms with Gasteiger partial charge in [-0.3, -0.25) is 4.90 Å². The van der Waals surface area contributed by atoms with Crippen LogP contribution in [0.25, 0.3) is 0 Å². The van der Waals surface area contributed by atoms with Gasteiger partial charge >= 0.3 is 12.2 Å². The lowest BCUT2D eigenvalue weighted by Gasteiger charge is -2.18. The number of halogens is 3. The molecule has 0 unspecified atom stereocenters. The van der Waals surface area contributed by atoms with Crippen LogP contribution in [-0.2, 0) is 6.54 Å². The van der Waals surface area contributed by atoms with Gasteiger partial charge in [-0.05, 0) is 24.1 Å². The molecule has 0 radical (unpaired) electrons. The number of amides is 2. The number of carbonyl (C=O) groups is 1. The average Bonchev–Trinajstić information content (AvgIpc) is 2.90. The molecule has 1 aliphatic rings. The van der Waals surface area contributed by atoms with Crippen molar-refractivity contribution in [3.63, 3.8) is 0 Å². The van der Waals surface area contributed by atoms with Crippen molar-refractivity contribution in [1.29, 1.82) is 5.26 Å². The van der Waals surface area contributed by atoms with Gasteiger partial charge < -0.3 is 10.6 Å². The summed E-state index contributed by atoms with van der Waals surface area (Å²) in [5.74, 6) is 0. The fourth-order valence-electron chi connectivity index (χ4n) is 2.52. The summed E-state index contributed by atoms with van der Waals surface area (Å²) in [6.07, 6.45) is -3.73. The predicted octanol–water partition coefficient (Wildman–Crippen LogP) is 1.99. The summed E-state index contributed by atoms with van der Waals surface area (Å²) in [4.78, 5) is 13.1. The second-order valence-electron chi connectivity index (χ2n) is 5.48. The van der Waals surface area contributed by atoms with Gasteiger partial charge in [-0.2, -0.15) is 18.4 Å². The monoisotopic (exact) mass is 326 g/mol. The molecule has 8 heteroatoms. The van der Waals surface area contributed by atoms with Gasteiger partial charge in [0.25, 0.3) is 0 Å². The number of nitriles is 1. The number of nitrogens with zero attached hydrogens (tertiary/aromatic N) is 2. The first-order chi connectivity index (χ1) is 10.9. The smallest absolute Gasteiger partial charge is 0.334 e. The van der Waals surface area contributed by atoms with E-state index in [1.807, 2.05) is 6.07 Å². The Morgan fingerprint density at radius 3 is 2.91 bits per heavy atom. The Morgan fingerprint density at radius 1 is 1.43 bits per heavy atom. The van der Waals surface area contributed by atoms with E-state index in [0.29, 0.717) is 18.5 Å². The highest BCUT2D eigenvalue weighted by Gasteiger charge is 2.34. The highest BCUT2D eigenvalue weighted by Crippen LogP contribution is 2.19. The number of urea groups is 1. The number of likely N-dealkylation sites (tertiary alicyclic amines) is 1. The molecule has 2 rings (SSSR count). The first-order valence-corrected chi connectivity index (χ1v) is 7.18. The molecule has 1 heterocycles. The van der Waals surface area contributed by atoms with Gasteiger partial charge in [-0.25, -0.2) is 4.79 Å². The molecule has 1 aliphatic heterocycles. The molecule has 1 atom stereocenters. The van der Waals surface area contributed by atoms with E-state index in [1.54, 1.807) is 24.3 Å². The number of hydrogen-bond donors (Lipinski definition) is 2. The quantitative estimate of drug-likeness (QED) is 0.889. The van der Waals surface area contributed by atoms with Gasteiger partial charge in [0.1, 0.15) is 0 Å². The minimum absolute atomic E-state index is 0.191. The van der Waals surface area contributed by atoms with E-state index in [1.165, 1.54) is 4.90 Å². The number of rotatable bonds is 4. The molecule has 1 saturated heterocycles. The maximum atomic E-state index is 12.3. The lowest BCUT2D eigenvalue weighted by atomic mass is 10.1. The predicted molar refractivity (Wildman–Crippen MR) is 77.4 cm³/mol. The number of alkyl halides is 3. The van der Waals surface area contributed by atoms with E-state index in [2.05, 4.69) is 10.6 Å². The number of benzene rings is 1. The first-order valence-electron chi connectivity index (χ1n) is 7.18. The Balaban J connectivity index is 1.74. The Labute approximate surface area is 132 Å². The molecule has 0 spiro atoms. The SMILES string of the molecule is N#Cc1cccc(CNC(=O)N[C@@H]2CCN(CC(F)(F)F)C2)c1. The van der Waals surface area contributed by atoms with E-state index in [0.717, 1.165) is 5.56 Å². The van der Waals surface area contributed by atoms with Crippen molar-refractivity contribution < 1.29 is 18.0 Å². The highest BCUT2D eigenvalue weighted by atomic mass is 19.4. The molecular weight excluding hydrogens is 309 g/mol. The van der Waals surface area contributed by atoms with Crippen molar-refractivity contribution in [2.24, 2.45) is 0 Å². The summed E-state index contributed by atoms with van der Waals surface area (Å²) in [6.45, 7) is -0.195. The van der Waals surface area contributed by atoms with Crippen molar-refractivity contribution in [2.45, 2.75) is 25.2 Å². The van der Waals surface area contributed by atoms with Crippen LogP contribution in [0.5, 0.6) is 0 Å². The number of hydrogen-bond acceptors (Lipinski definition) is 3. The second-order valence-corrected chi connectivity index (χ2v) is 5.48. The van der Waals surface area contributed by atoms with Crippen LogP contribution < -0.4 is 10.6 Å². The fourth-order valence-corrected chi connectivity index (χ4v) is 2.52. The van der Waals surface area contributed by atoms with Crippen molar-refractivity contribution in [1.82, 2.24) is 15.5 Å². The molecule has 5 nitrogen and oxygen atoms in total. The molecule has 2 N–H and O–H groups in total. The maximum absolute atomic E-state index is 12.3. The topological polar surface area (TPSA) is 68.2 Å². The molecule has 0 aromatic heterocycles. The zero-order valence-electron chi connectivity index (χ0n) is 12.4. The Hall–Kier alpha value is -2.27. The summed E-state index contributed by atoms with van der Waals surface area (Å²) in [7, 11) is 0.